The van der Waals surface area contributed by atoms with Gasteiger partial charge >= 0.3 is 0 Å². The number of hydrogen-bond acceptors (Lipinski definition) is 3. The van der Waals surface area contributed by atoms with Crippen LogP contribution in [0.4, 0.5) is 0 Å². The average Bonchev–Trinajstić information content (AvgIpc) is 2.69. The third-order valence-electron chi connectivity index (χ3n) is 4.00. The Morgan fingerprint density at radius 2 is 2.06 bits per heavy atom. The van der Waals surface area contributed by atoms with Gasteiger partial charge in [-0.1, -0.05) is 11.6 Å². The molecule has 3 heterocycles. The molecular weight excluding hydrogens is 234 g/mol. The lowest BCUT2D eigenvalue weighted by molar-refractivity contribution is 0.304. The Kier molecular flexibility index (Phi) is 2.57. The van der Waals surface area contributed by atoms with Crippen LogP contribution >= 0.6 is 11.6 Å². The zero-order valence-corrected chi connectivity index (χ0v) is 10.2. The molecule has 1 aromatic heterocycles. The normalized spacial score (nSPS) is 35.5. The Bertz CT molecular complexity index is 468. The molecule has 0 spiro atoms. The van der Waals surface area contributed by atoms with E-state index in [0.717, 1.165) is 18.4 Å². The van der Waals surface area contributed by atoms with Crippen LogP contribution in [-0.4, -0.2) is 17.1 Å². The van der Waals surface area contributed by atoms with Crippen LogP contribution in [0.25, 0.3) is 0 Å². The molecule has 2 fully saturated rings. The van der Waals surface area contributed by atoms with Crippen LogP contribution in [0.2, 0.25) is 5.02 Å². The van der Waals surface area contributed by atoms with Crippen LogP contribution in [0, 0.1) is 11.3 Å². The molecule has 2 bridgehead atoms. The first-order valence-electron chi connectivity index (χ1n) is 6.00. The molecule has 4 heteroatoms. The van der Waals surface area contributed by atoms with Gasteiger partial charge < -0.3 is 5.32 Å². The smallest absolute Gasteiger partial charge is 0.0867 e. The first-order chi connectivity index (χ1) is 8.22. The SMILES string of the molecule is N#CC1(c2cncc(Cl)c2)C[C@H]2CC[C@@H](C1)N2. The summed E-state index contributed by atoms with van der Waals surface area (Å²) >= 11 is 5.98. The van der Waals surface area contributed by atoms with Crippen LogP contribution in [0.15, 0.2) is 18.5 Å². The molecule has 1 unspecified atom stereocenters. The van der Waals surface area contributed by atoms with Crippen molar-refractivity contribution in [2.45, 2.75) is 43.2 Å². The van der Waals surface area contributed by atoms with E-state index in [4.69, 9.17) is 11.6 Å². The van der Waals surface area contributed by atoms with Crippen LogP contribution in [0.3, 0.4) is 0 Å². The van der Waals surface area contributed by atoms with Crippen LogP contribution in [0.1, 0.15) is 31.2 Å². The number of aromatic nitrogens is 1. The minimum Gasteiger partial charge on any atom is -0.311 e. The topological polar surface area (TPSA) is 48.7 Å². The number of piperidine rings is 1. The van der Waals surface area contributed by atoms with Gasteiger partial charge in [0, 0.05) is 24.5 Å². The second-order valence-corrected chi connectivity index (χ2v) is 5.57. The Labute approximate surface area is 106 Å². The van der Waals surface area contributed by atoms with Crippen molar-refractivity contribution < 1.29 is 0 Å². The van der Waals surface area contributed by atoms with Crippen molar-refractivity contribution in [3.63, 3.8) is 0 Å². The van der Waals surface area contributed by atoms with Crippen LogP contribution in [0.5, 0.6) is 0 Å². The van der Waals surface area contributed by atoms with Gasteiger partial charge in [-0.2, -0.15) is 5.26 Å². The molecule has 2 saturated heterocycles. The van der Waals surface area contributed by atoms with Gasteiger partial charge in [0.1, 0.15) is 0 Å². The predicted molar refractivity (Wildman–Crippen MR) is 65.7 cm³/mol. The highest BCUT2D eigenvalue weighted by Crippen LogP contribution is 2.42. The molecule has 3 rings (SSSR count). The minimum absolute atomic E-state index is 0.394. The zero-order chi connectivity index (χ0) is 11.9. The molecule has 1 N–H and O–H groups in total. The zero-order valence-electron chi connectivity index (χ0n) is 9.49. The predicted octanol–water partition coefficient (Wildman–Crippen LogP) is 2.41. The summed E-state index contributed by atoms with van der Waals surface area (Å²) in [7, 11) is 0. The van der Waals surface area contributed by atoms with Crippen molar-refractivity contribution in [2.24, 2.45) is 0 Å². The van der Waals surface area contributed by atoms with Gasteiger partial charge in [0.2, 0.25) is 0 Å². The first kappa shape index (κ1) is 11.0. The number of pyridine rings is 1. The Balaban J connectivity index is 2.00. The van der Waals surface area contributed by atoms with Crippen molar-refractivity contribution in [3.8, 4) is 6.07 Å². The van der Waals surface area contributed by atoms with E-state index in [1.54, 1.807) is 12.4 Å². The molecule has 3 atom stereocenters. The van der Waals surface area contributed by atoms with E-state index in [1.165, 1.54) is 12.8 Å². The monoisotopic (exact) mass is 247 g/mol. The molecule has 0 radical (unpaired) electrons. The number of halogens is 1. The van der Waals surface area contributed by atoms with Crippen molar-refractivity contribution in [3.05, 3.63) is 29.0 Å². The molecule has 2 aliphatic rings. The quantitative estimate of drug-likeness (QED) is 0.829. The standard InChI is InChI=1S/C13H14ClN3/c14-10-3-9(6-16-7-10)13(8-15)4-11-1-2-12(5-13)17-11/h3,6-7,11-12,17H,1-2,4-5H2/t11-,12+,13?. The molecule has 1 aromatic rings. The summed E-state index contributed by atoms with van der Waals surface area (Å²) in [6, 6.07) is 5.37. The number of fused-ring (bicyclic) bond motifs is 2. The average molecular weight is 248 g/mol. The maximum absolute atomic E-state index is 9.60. The van der Waals surface area contributed by atoms with Crippen molar-refractivity contribution in [1.29, 1.82) is 5.26 Å². The van der Waals surface area contributed by atoms with Gasteiger partial charge in [-0.15, -0.1) is 0 Å². The van der Waals surface area contributed by atoms with E-state index in [1.807, 2.05) is 6.07 Å². The van der Waals surface area contributed by atoms with Crippen molar-refractivity contribution in [2.75, 3.05) is 0 Å². The summed E-state index contributed by atoms with van der Waals surface area (Å²) in [5, 5.41) is 13.8. The second kappa shape index (κ2) is 3.97. The second-order valence-electron chi connectivity index (χ2n) is 5.13. The molecule has 3 nitrogen and oxygen atoms in total. The Morgan fingerprint density at radius 1 is 1.35 bits per heavy atom. The van der Waals surface area contributed by atoms with E-state index in [-0.39, 0.29) is 0 Å². The lowest BCUT2D eigenvalue weighted by Crippen LogP contribution is -2.46. The van der Waals surface area contributed by atoms with E-state index >= 15 is 0 Å². The number of rotatable bonds is 1. The summed E-state index contributed by atoms with van der Waals surface area (Å²) in [5.41, 5.74) is 0.584. The van der Waals surface area contributed by atoms with E-state index in [9.17, 15) is 5.26 Å². The Hall–Kier alpha value is -1.11. The van der Waals surface area contributed by atoms with Gasteiger partial charge in [0.15, 0.2) is 0 Å². The minimum atomic E-state index is -0.394. The summed E-state index contributed by atoms with van der Waals surface area (Å²) in [5.74, 6) is 0. The van der Waals surface area contributed by atoms with E-state index in [2.05, 4.69) is 16.4 Å². The molecule has 0 saturated carbocycles. The lowest BCUT2D eigenvalue weighted by Gasteiger charge is -2.36. The number of hydrogen-bond donors (Lipinski definition) is 1. The fourth-order valence-corrected chi connectivity index (χ4v) is 3.39. The maximum Gasteiger partial charge on any atom is 0.0867 e. The van der Waals surface area contributed by atoms with Gasteiger partial charge in [-0.3, -0.25) is 4.98 Å². The molecule has 0 amide bonds. The molecule has 0 aromatic carbocycles. The molecule has 2 aliphatic heterocycles. The summed E-state index contributed by atoms with van der Waals surface area (Å²) in [6.45, 7) is 0. The van der Waals surface area contributed by atoms with E-state index < -0.39 is 5.41 Å². The fourth-order valence-electron chi connectivity index (χ4n) is 3.21. The van der Waals surface area contributed by atoms with Crippen molar-refractivity contribution >= 4 is 11.6 Å². The summed E-state index contributed by atoms with van der Waals surface area (Å²) in [4.78, 5) is 4.12. The largest absolute Gasteiger partial charge is 0.311 e. The van der Waals surface area contributed by atoms with Crippen LogP contribution in [-0.2, 0) is 5.41 Å². The molecule has 88 valence electrons. The third-order valence-corrected chi connectivity index (χ3v) is 4.20. The van der Waals surface area contributed by atoms with Crippen molar-refractivity contribution in [1.82, 2.24) is 10.3 Å². The van der Waals surface area contributed by atoms with E-state index in [0.29, 0.717) is 17.1 Å². The van der Waals surface area contributed by atoms with Gasteiger partial charge in [0.25, 0.3) is 0 Å². The summed E-state index contributed by atoms with van der Waals surface area (Å²) < 4.78 is 0. The highest BCUT2D eigenvalue weighted by Gasteiger charge is 2.45. The molecule has 17 heavy (non-hydrogen) atoms. The molecule has 0 aliphatic carbocycles. The third kappa shape index (κ3) is 1.82. The maximum atomic E-state index is 9.60. The Morgan fingerprint density at radius 3 is 2.65 bits per heavy atom. The highest BCUT2D eigenvalue weighted by atomic mass is 35.5. The first-order valence-corrected chi connectivity index (χ1v) is 6.38. The number of nitrogens with zero attached hydrogens (tertiary/aromatic N) is 2. The van der Waals surface area contributed by atoms with Crippen LogP contribution < -0.4 is 5.32 Å². The van der Waals surface area contributed by atoms with Gasteiger partial charge in [0.05, 0.1) is 16.5 Å². The lowest BCUT2D eigenvalue weighted by atomic mass is 9.72. The molecular formula is C13H14ClN3. The summed E-state index contributed by atoms with van der Waals surface area (Å²) in [6.07, 6.45) is 7.53. The van der Waals surface area contributed by atoms with Gasteiger partial charge in [-0.25, -0.2) is 0 Å². The number of nitrogens with one attached hydrogen (secondary N) is 1. The highest BCUT2D eigenvalue weighted by molar-refractivity contribution is 6.30. The van der Waals surface area contributed by atoms with Gasteiger partial charge in [-0.05, 0) is 37.3 Å². The number of nitriles is 1. The fraction of sp³-hybridized carbons (Fsp3) is 0.538.